The van der Waals surface area contributed by atoms with Gasteiger partial charge >= 0.3 is 0 Å². The number of hydrogen-bond acceptors (Lipinski definition) is 3. The highest BCUT2D eigenvalue weighted by Crippen LogP contribution is 2.03. The number of amidine groups is 1. The Labute approximate surface area is 96.2 Å². The Bertz CT molecular complexity index is 363. The molecule has 0 radical (unpaired) electrons. The van der Waals surface area contributed by atoms with Crippen molar-refractivity contribution in [2.75, 3.05) is 6.54 Å². The van der Waals surface area contributed by atoms with E-state index in [4.69, 9.17) is 10.9 Å². The van der Waals surface area contributed by atoms with Gasteiger partial charge in [-0.05, 0) is 32.4 Å². The lowest BCUT2D eigenvalue weighted by Gasteiger charge is -2.11. The second-order valence-electron chi connectivity index (χ2n) is 3.94. The fourth-order valence-electron chi connectivity index (χ4n) is 1.49. The van der Waals surface area contributed by atoms with Gasteiger partial charge in [0.25, 0.3) is 0 Å². The van der Waals surface area contributed by atoms with Crippen LogP contribution < -0.4 is 11.1 Å². The van der Waals surface area contributed by atoms with Gasteiger partial charge in [0.2, 0.25) is 0 Å². The van der Waals surface area contributed by atoms with Crippen LogP contribution in [0, 0.1) is 6.92 Å². The summed E-state index contributed by atoms with van der Waals surface area (Å²) in [4.78, 5) is 0. The van der Waals surface area contributed by atoms with E-state index in [2.05, 4.69) is 41.7 Å². The van der Waals surface area contributed by atoms with Crippen LogP contribution in [0.2, 0.25) is 0 Å². The van der Waals surface area contributed by atoms with Gasteiger partial charge < -0.3 is 16.3 Å². The Balaban J connectivity index is 2.36. The molecule has 1 aromatic rings. The number of oxime groups is 1. The first-order chi connectivity index (χ1) is 7.63. The van der Waals surface area contributed by atoms with Crippen molar-refractivity contribution in [3.8, 4) is 0 Å². The first-order valence-corrected chi connectivity index (χ1v) is 5.40. The van der Waals surface area contributed by atoms with E-state index in [9.17, 15) is 0 Å². The van der Waals surface area contributed by atoms with Gasteiger partial charge in [-0.1, -0.05) is 35.0 Å². The highest BCUT2D eigenvalue weighted by molar-refractivity contribution is 5.84. The predicted octanol–water partition coefficient (Wildman–Crippen LogP) is 1.26. The van der Waals surface area contributed by atoms with E-state index in [0.29, 0.717) is 0 Å². The van der Waals surface area contributed by atoms with Gasteiger partial charge in [0.1, 0.15) is 0 Å². The molecule has 0 saturated carbocycles. The summed E-state index contributed by atoms with van der Waals surface area (Å²) >= 11 is 0. The number of hydrogen-bond donors (Lipinski definition) is 3. The Morgan fingerprint density at radius 1 is 1.56 bits per heavy atom. The zero-order valence-electron chi connectivity index (χ0n) is 9.77. The third kappa shape index (κ3) is 3.90. The van der Waals surface area contributed by atoms with Crippen molar-refractivity contribution < 1.29 is 5.21 Å². The van der Waals surface area contributed by atoms with E-state index in [-0.39, 0.29) is 11.9 Å². The van der Waals surface area contributed by atoms with Gasteiger partial charge in [-0.15, -0.1) is 0 Å². The van der Waals surface area contributed by atoms with Crippen LogP contribution in [0.1, 0.15) is 18.1 Å². The molecule has 0 bridgehead atoms. The summed E-state index contributed by atoms with van der Waals surface area (Å²) in [5.41, 5.74) is 8.01. The topological polar surface area (TPSA) is 70.6 Å². The zero-order valence-corrected chi connectivity index (χ0v) is 9.77. The molecule has 1 aromatic carbocycles. The fraction of sp³-hybridized carbons (Fsp3) is 0.417. The molecule has 0 aliphatic rings. The summed E-state index contributed by atoms with van der Waals surface area (Å²) in [6, 6.07) is 8.29. The highest BCUT2D eigenvalue weighted by Gasteiger charge is 2.05. The normalized spacial score (nSPS) is 13.8. The minimum absolute atomic E-state index is 0.102. The summed E-state index contributed by atoms with van der Waals surface area (Å²) in [5, 5.41) is 14.6. The van der Waals surface area contributed by atoms with Crippen LogP contribution in [0.15, 0.2) is 29.4 Å². The number of nitrogens with two attached hydrogens (primary N) is 1. The van der Waals surface area contributed by atoms with Crippen molar-refractivity contribution in [1.82, 2.24) is 5.32 Å². The molecule has 88 valence electrons. The fourth-order valence-corrected chi connectivity index (χ4v) is 1.49. The van der Waals surface area contributed by atoms with Gasteiger partial charge in [0, 0.05) is 0 Å². The van der Waals surface area contributed by atoms with Crippen LogP contribution in [0.4, 0.5) is 0 Å². The number of benzene rings is 1. The van der Waals surface area contributed by atoms with Crippen molar-refractivity contribution in [2.45, 2.75) is 26.3 Å². The SMILES string of the molecule is Cc1cccc(CCNC(C)C(N)=NO)c1. The Hall–Kier alpha value is -1.55. The molecule has 1 rings (SSSR count). The molecule has 0 aliphatic heterocycles. The van der Waals surface area contributed by atoms with Crippen molar-refractivity contribution in [2.24, 2.45) is 10.9 Å². The number of nitrogens with one attached hydrogen (secondary N) is 1. The summed E-state index contributed by atoms with van der Waals surface area (Å²) < 4.78 is 0. The maximum Gasteiger partial charge on any atom is 0.156 e. The maximum atomic E-state index is 8.48. The minimum atomic E-state index is -0.102. The molecule has 1 unspecified atom stereocenters. The third-order valence-electron chi connectivity index (χ3n) is 2.51. The molecule has 0 amide bonds. The van der Waals surface area contributed by atoms with Crippen LogP contribution in [0.5, 0.6) is 0 Å². The molecule has 4 heteroatoms. The molecule has 0 fully saturated rings. The average molecular weight is 221 g/mol. The second kappa shape index (κ2) is 6.12. The van der Waals surface area contributed by atoms with E-state index in [1.54, 1.807) is 0 Å². The van der Waals surface area contributed by atoms with Gasteiger partial charge in [-0.2, -0.15) is 0 Å². The van der Waals surface area contributed by atoms with Crippen LogP contribution in [-0.4, -0.2) is 23.6 Å². The van der Waals surface area contributed by atoms with Gasteiger partial charge in [0.15, 0.2) is 5.84 Å². The molecule has 0 saturated heterocycles. The molecule has 0 aliphatic carbocycles. The Morgan fingerprint density at radius 2 is 2.31 bits per heavy atom. The molecule has 0 spiro atoms. The zero-order chi connectivity index (χ0) is 12.0. The molecule has 0 heterocycles. The average Bonchev–Trinajstić information content (AvgIpc) is 2.28. The summed E-state index contributed by atoms with van der Waals surface area (Å²) in [7, 11) is 0. The van der Waals surface area contributed by atoms with E-state index >= 15 is 0 Å². The summed E-state index contributed by atoms with van der Waals surface area (Å²) in [5.74, 6) is 0.212. The lowest BCUT2D eigenvalue weighted by molar-refractivity contribution is 0.315. The molecule has 4 N–H and O–H groups in total. The van der Waals surface area contributed by atoms with Crippen molar-refractivity contribution in [3.05, 3.63) is 35.4 Å². The van der Waals surface area contributed by atoms with Crippen LogP contribution >= 0.6 is 0 Å². The van der Waals surface area contributed by atoms with Gasteiger partial charge in [-0.3, -0.25) is 0 Å². The standard InChI is InChI=1S/C12H19N3O/c1-9-4-3-5-11(8-9)6-7-14-10(2)12(13)15-16/h3-5,8,10,14,16H,6-7H2,1-2H3,(H2,13,15). The Kier molecular flexibility index (Phi) is 4.79. The third-order valence-corrected chi connectivity index (χ3v) is 2.51. The van der Waals surface area contributed by atoms with E-state index in [0.717, 1.165) is 13.0 Å². The minimum Gasteiger partial charge on any atom is -0.409 e. The van der Waals surface area contributed by atoms with E-state index in [1.165, 1.54) is 11.1 Å². The Morgan fingerprint density at radius 3 is 2.94 bits per heavy atom. The van der Waals surface area contributed by atoms with Crippen molar-refractivity contribution >= 4 is 5.84 Å². The lowest BCUT2D eigenvalue weighted by Crippen LogP contribution is -2.39. The van der Waals surface area contributed by atoms with E-state index < -0.39 is 0 Å². The molecule has 16 heavy (non-hydrogen) atoms. The van der Waals surface area contributed by atoms with Crippen LogP contribution in [0.3, 0.4) is 0 Å². The van der Waals surface area contributed by atoms with Crippen LogP contribution in [0.25, 0.3) is 0 Å². The quantitative estimate of drug-likeness (QED) is 0.303. The van der Waals surface area contributed by atoms with Crippen molar-refractivity contribution in [3.63, 3.8) is 0 Å². The molecular formula is C12H19N3O. The maximum absolute atomic E-state index is 8.48. The smallest absolute Gasteiger partial charge is 0.156 e. The second-order valence-corrected chi connectivity index (χ2v) is 3.94. The monoisotopic (exact) mass is 221 g/mol. The molecule has 0 aromatic heterocycles. The van der Waals surface area contributed by atoms with E-state index in [1.807, 2.05) is 6.92 Å². The number of nitrogens with zero attached hydrogens (tertiary/aromatic N) is 1. The highest BCUT2D eigenvalue weighted by atomic mass is 16.4. The lowest BCUT2D eigenvalue weighted by atomic mass is 10.1. The number of rotatable bonds is 5. The van der Waals surface area contributed by atoms with Gasteiger partial charge in [0.05, 0.1) is 6.04 Å². The molecule has 1 atom stereocenters. The van der Waals surface area contributed by atoms with Crippen LogP contribution in [-0.2, 0) is 6.42 Å². The summed E-state index contributed by atoms with van der Waals surface area (Å²) in [6.45, 7) is 4.75. The number of aryl methyl sites for hydroxylation is 1. The largest absolute Gasteiger partial charge is 0.409 e. The van der Waals surface area contributed by atoms with Crippen molar-refractivity contribution in [1.29, 1.82) is 0 Å². The first kappa shape index (κ1) is 12.5. The molecular weight excluding hydrogens is 202 g/mol. The van der Waals surface area contributed by atoms with Gasteiger partial charge in [-0.25, -0.2) is 0 Å². The first-order valence-electron chi connectivity index (χ1n) is 5.40. The molecule has 4 nitrogen and oxygen atoms in total. The predicted molar refractivity (Wildman–Crippen MR) is 65.8 cm³/mol. The summed E-state index contributed by atoms with van der Waals surface area (Å²) in [6.07, 6.45) is 0.935.